The first-order valence-electron chi connectivity index (χ1n) is 6.16. The highest BCUT2D eigenvalue weighted by atomic mass is 15.0. The molecule has 90 valence electrons. The van der Waals surface area contributed by atoms with Crippen molar-refractivity contribution in [2.45, 2.75) is 13.5 Å². The molecule has 3 nitrogen and oxygen atoms in total. The van der Waals surface area contributed by atoms with E-state index in [4.69, 9.17) is 0 Å². The number of benzene rings is 2. The zero-order chi connectivity index (χ0) is 13.4. The number of hydrogen-bond donors (Lipinski definition) is 0. The van der Waals surface area contributed by atoms with E-state index in [9.17, 15) is 10.5 Å². The minimum Gasteiger partial charge on any atom is -0.339 e. The normalized spacial score (nSPS) is 10.5. The molecule has 1 aromatic heterocycles. The van der Waals surface area contributed by atoms with Gasteiger partial charge in [-0.3, -0.25) is 0 Å². The first-order valence-corrected chi connectivity index (χ1v) is 6.16. The molecule has 0 aliphatic heterocycles. The second kappa shape index (κ2) is 4.15. The van der Waals surface area contributed by atoms with E-state index in [-0.39, 0.29) is 0 Å². The summed E-state index contributed by atoms with van der Waals surface area (Å²) in [5.74, 6) is 0. The van der Waals surface area contributed by atoms with Crippen molar-refractivity contribution in [2.75, 3.05) is 0 Å². The third-order valence-electron chi connectivity index (χ3n) is 3.46. The fourth-order valence-electron chi connectivity index (χ4n) is 2.71. The first kappa shape index (κ1) is 11.3. The van der Waals surface area contributed by atoms with Crippen molar-refractivity contribution in [2.24, 2.45) is 0 Å². The minimum atomic E-state index is 0.652. The van der Waals surface area contributed by atoms with Crippen molar-refractivity contribution in [1.82, 2.24) is 4.57 Å². The lowest BCUT2D eigenvalue weighted by atomic mass is 10.1. The summed E-state index contributed by atoms with van der Waals surface area (Å²) in [6.07, 6.45) is 0. The predicted molar refractivity (Wildman–Crippen MR) is 74.5 cm³/mol. The second-order valence-corrected chi connectivity index (χ2v) is 4.37. The number of aryl methyl sites for hydroxylation is 1. The summed E-state index contributed by atoms with van der Waals surface area (Å²) in [6.45, 7) is 2.76. The lowest BCUT2D eigenvalue weighted by molar-refractivity contribution is 0.825. The molecule has 0 atom stereocenters. The van der Waals surface area contributed by atoms with Gasteiger partial charge >= 0.3 is 0 Å². The van der Waals surface area contributed by atoms with Crippen molar-refractivity contribution in [1.29, 1.82) is 10.5 Å². The van der Waals surface area contributed by atoms with E-state index in [2.05, 4.69) is 16.7 Å². The van der Waals surface area contributed by atoms with E-state index in [1.54, 1.807) is 0 Å². The monoisotopic (exact) mass is 245 g/mol. The van der Waals surface area contributed by atoms with Gasteiger partial charge in [-0.2, -0.15) is 10.5 Å². The van der Waals surface area contributed by atoms with Crippen LogP contribution in [0.25, 0.3) is 21.8 Å². The van der Waals surface area contributed by atoms with E-state index in [0.717, 1.165) is 28.4 Å². The zero-order valence-corrected chi connectivity index (χ0v) is 10.5. The van der Waals surface area contributed by atoms with Gasteiger partial charge in [-0.05, 0) is 19.1 Å². The summed E-state index contributed by atoms with van der Waals surface area (Å²) < 4.78 is 2.06. The number of nitriles is 2. The summed E-state index contributed by atoms with van der Waals surface area (Å²) in [5, 5.41) is 20.6. The van der Waals surface area contributed by atoms with Crippen LogP contribution in [0.15, 0.2) is 36.4 Å². The molecule has 0 N–H and O–H groups in total. The molecule has 3 aromatic rings. The van der Waals surface area contributed by atoms with Crippen LogP contribution in [-0.2, 0) is 6.54 Å². The highest BCUT2D eigenvalue weighted by Crippen LogP contribution is 2.32. The maximum absolute atomic E-state index is 9.28. The lowest BCUT2D eigenvalue weighted by Crippen LogP contribution is -1.96. The fourth-order valence-corrected chi connectivity index (χ4v) is 2.71. The van der Waals surface area contributed by atoms with Gasteiger partial charge in [-0.1, -0.05) is 24.3 Å². The Hall–Kier alpha value is -2.78. The molecule has 0 fully saturated rings. The SMILES string of the molecule is CCn1c2c(C#N)cccc2c2cccc(C#N)c21. The Morgan fingerprint density at radius 2 is 1.37 bits per heavy atom. The number of rotatable bonds is 1. The molecule has 0 aliphatic carbocycles. The largest absolute Gasteiger partial charge is 0.339 e. The average Bonchev–Trinajstić information content (AvgIpc) is 2.81. The summed E-state index contributed by atoms with van der Waals surface area (Å²) in [4.78, 5) is 0. The lowest BCUT2D eigenvalue weighted by Gasteiger charge is -2.05. The summed E-state index contributed by atoms with van der Waals surface area (Å²) in [5.41, 5.74) is 3.15. The molecule has 0 radical (unpaired) electrons. The topological polar surface area (TPSA) is 52.5 Å². The number of fused-ring (bicyclic) bond motifs is 3. The Morgan fingerprint density at radius 1 is 0.895 bits per heavy atom. The van der Waals surface area contributed by atoms with Crippen LogP contribution in [-0.4, -0.2) is 4.57 Å². The van der Waals surface area contributed by atoms with Crippen LogP contribution in [0.4, 0.5) is 0 Å². The average molecular weight is 245 g/mol. The van der Waals surface area contributed by atoms with E-state index in [1.165, 1.54) is 0 Å². The van der Waals surface area contributed by atoms with Crippen LogP contribution in [0.1, 0.15) is 18.1 Å². The smallest absolute Gasteiger partial charge is 0.101 e. The molecule has 0 amide bonds. The Bertz CT molecular complexity index is 802. The van der Waals surface area contributed by atoms with E-state index >= 15 is 0 Å². The summed E-state index contributed by atoms with van der Waals surface area (Å²) >= 11 is 0. The maximum Gasteiger partial charge on any atom is 0.101 e. The van der Waals surface area contributed by atoms with Crippen LogP contribution in [0, 0.1) is 22.7 Å². The van der Waals surface area contributed by atoms with Crippen molar-refractivity contribution < 1.29 is 0 Å². The quantitative estimate of drug-likeness (QED) is 0.658. The Morgan fingerprint density at radius 3 is 1.74 bits per heavy atom. The van der Waals surface area contributed by atoms with Crippen molar-refractivity contribution in [3.05, 3.63) is 47.5 Å². The standard InChI is InChI=1S/C16H11N3/c1-2-19-15-11(9-17)5-3-7-13(15)14-8-4-6-12(10-18)16(14)19/h3-8H,2H2,1H3. The molecule has 3 rings (SSSR count). The van der Waals surface area contributed by atoms with E-state index < -0.39 is 0 Å². The number of para-hydroxylation sites is 2. The number of hydrogen-bond acceptors (Lipinski definition) is 2. The van der Waals surface area contributed by atoms with Gasteiger partial charge in [-0.15, -0.1) is 0 Å². The number of aromatic nitrogens is 1. The van der Waals surface area contributed by atoms with Gasteiger partial charge in [0.05, 0.1) is 22.2 Å². The molecule has 0 saturated heterocycles. The molecule has 0 saturated carbocycles. The molecule has 0 aliphatic rings. The highest BCUT2D eigenvalue weighted by molar-refractivity contribution is 6.11. The van der Waals surface area contributed by atoms with Crippen LogP contribution >= 0.6 is 0 Å². The van der Waals surface area contributed by atoms with Gasteiger partial charge in [0.2, 0.25) is 0 Å². The van der Waals surface area contributed by atoms with Crippen LogP contribution in [0.3, 0.4) is 0 Å². The van der Waals surface area contributed by atoms with Crippen molar-refractivity contribution >= 4 is 21.8 Å². The Kier molecular flexibility index (Phi) is 2.47. The van der Waals surface area contributed by atoms with Gasteiger partial charge < -0.3 is 4.57 Å². The molecule has 0 spiro atoms. The van der Waals surface area contributed by atoms with Gasteiger partial charge in [0.25, 0.3) is 0 Å². The van der Waals surface area contributed by atoms with Gasteiger partial charge in [0.15, 0.2) is 0 Å². The predicted octanol–water partition coefficient (Wildman–Crippen LogP) is 3.56. The molecule has 2 aromatic carbocycles. The molecule has 1 heterocycles. The second-order valence-electron chi connectivity index (χ2n) is 4.37. The molecule has 0 unspecified atom stereocenters. The van der Waals surface area contributed by atoms with Crippen LogP contribution in [0.5, 0.6) is 0 Å². The molecular formula is C16H11N3. The molecule has 3 heteroatoms. The fraction of sp³-hybridized carbons (Fsp3) is 0.125. The third kappa shape index (κ3) is 1.42. The highest BCUT2D eigenvalue weighted by Gasteiger charge is 2.15. The van der Waals surface area contributed by atoms with Crippen molar-refractivity contribution in [3.63, 3.8) is 0 Å². The third-order valence-corrected chi connectivity index (χ3v) is 3.46. The van der Waals surface area contributed by atoms with Crippen LogP contribution < -0.4 is 0 Å². The number of nitrogens with zero attached hydrogens (tertiary/aromatic N) is 3. The molecule has 0 bridgehead atoms. The zero-order valence-electron chi connectivity index (χ0n) is 10.5. The Balaban J connectivity index is 2.68. The van der Waals surface area contributed by atoms with Gasteiger partial charge in [-0.25, -0.2) is 0 Å². The summed E-state index contributed by atoms with van der Waals surface area (Å²) in [6, 6.07) is 15.9. The van der Waals surface area contributed by atoms with Gasteiger partial charge in [0.1, 0.15) is 12.1 Å². The first-order chi connectivity index (χ1) is 9.31. The van der Waals surface area contributed by atoms with E-state index in [0.29, 0.717) is 11.1 Å². The van der Waals surface area contributed by atoms with Gasteiger partial charge in [0, 0.05) is 17.3 Å². The van der Waals surface area contributed by atoms with Crippen LogP contribution in [0.2, 0.25) is 0 Å². The Labute approximate surface area is 110 Å². The molecule has 19 heavy (non-hydrogen) atoms. The van der Waals surface area contributed by atoms with E-state index in [1.807, 2.05) is 43.3 Å². The van der Waals surface area contributed by atoms with Crippen molar-refractivity contribution in [3.8, 4) is 12.1 Å². The summed E-state index contributed by atoms with van der Waals surface area (Å²) in [7, 11) is 0. The minimum absolute atomic E-state index is 0.652. The molecular weight excluding hydrogens is 234 g/mol. The maximum atomic E-state index is 9.28.